The molecule has 7 heteroatoms. The number of amides is 2. The van der Waals surface area contributed by atoms with Gasteiger partial charge in [0.2, 0.25) is 11.8 Å². The van der Waals surface area contributed by atoms with E-state index < -0.39 is 17.9 Å². The first-order valence-corrected chi connectivity index (χ1v) is 10.7. The number of piperidine rings is 2. The van der Waals surface area contributed by atoms with E-state index in [0.717, 1.165) is 32.2 Å². The van der Waals surface area contributed by atoms with Crippen molar-refractivity contribution in [2.45, 2.75) is 44.1 Å². The molecule has 1 aromatic rings. The van der Waals surface area contributed by atoms with Gasteiger partial charge in [-0.05, 0) is 61.1 Å². The third kappa shape index (κ3) is 4.12. The molecule has 2 aliphatic heterocycles. The molecule has 2 heterocycles. The van der Waals surface area contributed by atoms with Crippen molar-refractivity contribution in [3.63, 3.8) is 0 Å². The highest BCUT2D eigenvalue weighted by Gasteiger charge is 2.52. The van der Waals surface area contributed by atoms with E-state index in [0.29, 0.717) is 25.4 Å². The quantitative estimate of drug-likeness (QED) is 0.529. The lowest BCUT2D eigenvalue weighted by Crippen LogP contribution is -2.59. The summed E-state index contributed by atoms with van der Waals surface area (Å²) < 4.78 is 0. The standard InChI is InChI=1S/C22H32N4O3/c1-25(2)17-5-3-4-16(12-17)15-6-10-26(11-7-15)21(28)19-18(20(27)24-29)13-22(8-9-22)14-23-19/h3-5,12,15,18-19,23,29H,6-11,13-14H2,1-2H3,(H,24,27). The Morgan fingerprint density at radius 1 is 1.24 bits per heavy atom. The Hall–Kier alpha value is -2.12. The van der Waals surface area contributed by atoms with Gasteiger partial charge in [-0.15, -0.1) is 0 Å². The summed E-state index contributed by atoms with van der Waals surface area (Å²) in [4.78, 5) is 29.4. The molecule has 29 heavy (non-hydrogen) atoms. The molecule has 3 N–H and O–H groups in total. The van der Waals surface area contributed by atoms with Crippen LogP contribution in [0.15, 0.2) is 24.3 Å². The first kappa shape index (κ1) is 20.2. The van der Waals surface area contributed by atoms with Gasteiger partial charge in [-0.1, -0.05) is 12.1 Å². The molecular formula is C22H32N4O3. The molecule has 3 aliphatic rings. The van der Waals surface area contributed by atoms with Gasteiger partial charge in [0, 0.05) is 39.4 Å². The number of hydrogen-bond donors (Lipinski definition) is 3. The largest absolute Gasteiger partial charge is 0.378 e. The highest BCUT2D eigenvalue weighted by Crippen LogP contribution is 2.52. The number of nitrogens with zero attached hydrogens (tertiary/aromatic N) is 2. The number of anilines is 1. The van der Waals surface area contributed by atoms with Crippen LogP contribution >= 0.6 is 0 Å². The summed E-state index contributed by atoms with van der Waals surface area (Å²) in [6, 6.07) is 8.08. The van der Waals surface area contributed by atoms with Crippen LogP contribution in [0.3, 0.4) is 0 Å². The van der Waals surface area contributed by atoms with E-state index in [9.17, 15) is 9.59 Å². The zero-order chi connectivity index (χ0) is 20.6. The minimum absolute atomic E-state index is 0.00501. The second kappa shape index (κ2) is 7.95. The van der Waals surface area contributed by atoms with Gasteiger partial charge in [0.15, 0.2) is 0 Å². The van der Waals surface area contributed by atoms with Gasteiger partial charge >= 0.3 is 0 Å². The number of likely N-dealkylation sites (tertiary alicyclic amines) is 1. The SMILES string of the molecule is CN(C)c1cccc(C2CCN(C(=O)C3NCC4(CC4)CC3C(=O)NO)CC2)c1. The van der Waals surface area contributed by atoms with E-state index in [1.807, 2.05) is 19.0 Å². The molecule has 2 saturated heterocycles. The topological polar surface area (TPSA) is 84.9 Å². The molecule has 158 valence electrons. The molecule has 2 atom stereocenters. The molecule has 1 aliphatic carbocycles. The van der Waals surface area contributed by atoms with Crippen molar-refractivity contribution in [1.82, 2.24) is 15.7 Å². The van der Waals surface area contributed by atoms with Crippen LogP contribution in [0, 0.1) is 11.3 Å². The Labute approximate surface area is 172 Å². The summed E-state index contributed by atoms with van der Waals surface area (Å²) in [5.74, 6) is -0.505. The summed E-state index contributed by atoms with van der Waals surface area (Å²) >= 11 is 0. The minimum atomic E-state index is -0.540. The molecule has 0 bridgehead atoms. The number of carbonyl (C=O) groups excluding carboxylic acids is 2. The van der Waals surface area contributed by atoms with E-state index in [4.69, 9.17) is 5.21 Å². The summed E-state index contributed by atoms with van der Waals surface area (Å²) in [6.07, 6.45) is 4.71. The van der Waals surface area contributed by atoms with E-state index in [1.54, 1.807) is 5.48 Å². The van der Waals surface area contributed by atoms with Gasteiger partial charge in [0.05, 0.1) is 12.0 Å². The summed E-state index contributed by atoms with van der Waals surface area (Å²) in [5.41, 5.74) is 4.45. The number of benzene rings is 1. The lowest BCUT2D eigenvalue weighted by molar-refractivity contribution is -0.145. The van der Waals surface area contributed by atoms with Gasteiger partial charge in [-0.25, -0.2) is 5.48 Å². The second-order valence-electron chi connectivity index (χ2n) is 9.23. The Bertz CT molecular complexity index is 769. The van der Waals surface area contributed by atoms with Crippen LogP contribution in [-0.2, 0) is 9.59 Å². The fourth-order valence-electron chi connectivity index (χ4n) is 4.96. The van der Waals surface area contributed by atoms with Crippen molar-refractivity contribution in [2.24, 2.45) is 11.3 Å². The van der Waals surface area contributed by atoms with Crippen molar-refractivity contribution in [3.8, 4) is 0 Å². The highest BCUT2D eigenvalue weighted by molar-refractivity contribution is 5.90. The molecule has 2 amide bonds. The molecule has 7 nitrogen and oxygen atoms in total. The number of nitrogens with one attached hydrogen (secondary N) is 2. The summed E-state index contributed by atoms with van der Waals surface area (Å²) in [7, 11) is 4.09. The van der Waals surface area contributed by atoms with E-state index >= 15 is 0 Å². The van der Waals surface area contributed by atoms with Gasteiger partial charge in [0.1, 0.15) is 0 Å². The van der Waals surface area contributed by atoms with Crippen molar-refractivity contribution < 1.29 is 14.8 Å². The number of carbonyl (C=O) groups is 2. The Morgan fingerprint density at radius 2 is 1.97 bits per heavy atom. The lowest BCUT2D eigenvalue weighted by Gasteiger charge is -2.40. The lowest BCUT2D eigenvalue weighted by atomic mass is 9.81. The smallest absolute Gasteiger partial charge is 0.248 e. The summed E-state index contributed by atoms with van der Waals surface area (Å²) in [6.45, 7) is 2.19. The van der Waals surface area contributed by atoms with Gasteiger partial charge in [-0.2, -0.15) is 0 Å². The predicted octanol–water partition coefficient (Wildman–Crippen LogP) is 1.72. The maximum atomic E-state index is 13.2. The average Bonchev–Trinajstić information content (AvgIpc) is 3.51. The molecule has 0 aromatic heterocycles. The maximum Gasteiger partial charge on any atom is 0.248 e. The van der Waals surface area contributed by atoms with Crippen LogP contribution in [0.1, 0.15) is 43.6 Å². The van der Waals surface area contributed by atoms with Crippen molar-refractivity contribution in [1.29, 1.82) is 0 Å². The molecule has 2 unspecified atom stereocenters. The molecule has 1 saturated carbocycles. The molecule has 1 spiro atoms. The van der Waals surface area contributed by atoms with Crippen LogP contribution in [0.25, 0.3) is 0 Å². The van der Waals surface area contributed by atoms with E-state index in [-0.39, 0.29) is 11.3 Å². The van der Waals surface area contributed by atoms with Gasteiger partial charge in [0.25, 0.3) is 0 Å². The Kier molecular flexibility index (Phi) is 5.53. The minimum Gasteiger partial charge on any atom is -0.378 e. The monoisotopic (exact) mass is 400 g/mol. The zero-order valence-corrected chi connectivity index (χ0v) is 17.4. The second-order valence-corrected chi connectivity index (χ2v) is 9.23. The highest BCUT2D eigenvalue weighted by atomic mass is 16.5. The maximum absolute atomic E-state index is 13.2. The predicted molar refractivity (Wildman–Crippen MR) is 111 cm³/mol. The van der Waals surface area contributed by atoms with Crippen LogP contribution in [0.2, 0.25) is 0 Å². The number of rotatable bonds is 4. The molecule has 3 fully saturated rings. The first-order chi connectivity index (χ1) is 13.9. The molecular weight excluding hydrogens is 368 g/mol. The Balaban J connectivity index is 1.39. The van der Waals surface area contributed by atoms with Crippen molar-refractivity contribution in [2.75, 3.05) is 38.6 Å². The van der Waals surface area contributed by atoms with Crippen LogP contribution < -0.4 is 15.7 Å². The normalized spacial score (nSPS) is 26.2. The summed E-state index contributed by atoms with van der Waals surface area (Å²) in [5, 5.41) is 12.5. The fraction of sp³-hybridized carbons (Fsp3) is 0.636. The average molecular weight is 401 g/mol. The third-order valence-corrected chi connectivity index (χ3v) is 7.09. The first-order valence-electron chi connectivity index (χ1n) is 10.7. The third-order valence-electron chi connectivity index (χ3n) is 7.09. The van der Waals surface area contributed by atoms with E-state index in [1.165, 1.54) is 11.3 Å². The fourth-order valence-corrected chi connectivity index (χ4v) is 4.96. The number of hydrogen-bond acceptors (Lipinski definition) is 5. The van der Waals surface area contributed by atoms with Crippen LogP contribution in [0.5, 0.6) is 0 Å². The molecule has 0 radical (unpaired) electrons. The van der Waals surface area contributed by atoms with Crippen LogP contribution in [-0.4, -0.2) is 61.7 Å². The van der Waals surface area contributed by atoms with Crippen LogP contribution in [0.4, 0.5) is 5.69 Å². The van der Waals surface area contributed by atoms with Gasteiger partial charge in [-0.3, -0.25) is 14.8 Å². The van der Waals surface area contributed by atoms with Crippen molar-refractivity contribution in [3.05, 3.63) is 29.8 Å². The Morgan fingerprint density at radius 3 is 2.59 bits per heavy atom. The van der Waals surface area contributed by atoms with Crippen molar-refractivity contribution >= 4 is 17.5 Å². The zero-order valence-electron chi connectivity index (χ0n) is 17.4. The molecule has 1 aromatic carbocycles. The van der Waals surface area contributed by atoms with E-state index in [2.05, 4.69) is 34.5 Å². The number of hydroxylamine groups is 1. The van der Waals surface area contributed by atoms with Gasteiger partial charge < -0.3 is 15.1 Å². The molecule has 4 rings (SSSR count).